The summed E-state index contributed by atoms with van der Waals surface area (Å²) in [6.07, 6.45) is -6.42. The van der Waals surface area contributed by atoms with Crippen molar-refractivity contribution in [1.82, 2.24) is 41.7 Å². The smallest absolute Gasteiger partial charge is 0.248 e. The SMILES string of the molecule is CC[C@H](C)C[C@H](C)CCCCCCCCC(=O)N[C@H]1C[C@@H](O)[C@@H](NCCN)NC(=O)[C@H]2CN(C[C@@H]2O)C(=O)[C@H]([C@H](O)CCN)NC(=O)[C@H]([C@H](O)[C@@H](O)c2ccc(O)cc2)NC(=O)[C@@H]2C[C@@H](O)CN2C(=O)[C@H]([C@@H](C)O)NC1=O. The molecule has 3 aliphatic rings. The standard InChI is InChI=1S/C52H88N10O15/c1-5-28(2)22-29(3)12-10-8-6-7-9-11-13-40(69)56-35-24-38(67)46(55-21-20-54)60-47(72)34-26-61(27-39(34)68)51(76)42(37(66)18-19-53)58-50(75)43(45(71)44(70)31-14-16-32(64)17-15-31)59-49(74)36-23-33(65)25-62(36)52(77)41(30(4)63)57-48(35)73/h14-17,28-30,33-39,41-46,55,63-68,70-71H,5-13,18-27,53-54H2,1-4H3,(H,56,69)(H,57,73)(H,58,75)(H,59,74)(H,60,72)/t28-,29+,30+,33+,34-,35-,36-,37+,38+,39-,41-,42-,43-,44-,45-,46-/m0/s1. The van der Waals surface area contributed by atoms with Crippen molar-refractivity contribution in [2.45, 2.75) is 190 Å². The number of aliphatic hydroxyl groups excluding tert-OH is 7. The number of hydrogen-bond acceptors (Lipinski definition) is 18. The van der Waals surface area contributed by atoms with E-state index in [1.807, 2.05) is 0 Å². The minimum Gasteiger partial charge on any atom is -0.508 e. The van der Waals surface area contributed by atoms with Gasteiger partial charge in [0.05, 0.1) is 36.4 Å². The predicted octanol–water partition coefficient (Wildman–Crippen LogP) is -3.45. The Balaban J connectivity index is 1.70. The molecule has 1 aromatic carbocycles. The summed E-state index contributed by atoms with van der Waals surface area (Å²) in [6, 6.07) is -4.51. The van der Waals surface area contributed by atoms with Gasteiger partial charge >= 0.3 is 0 Å². The van der Waals surface area contributed by atoms with E-state index in [0.29, 0.717) is 18.3 Å². The van der Waals surface area contributed by atoms with Crippen LogP contribution in [0.2, 0.25) is 0 Å². The van der Waals surface area contributed by atoms with E-state index in [2.05, 4.69) is 52.7 Å². The Hall–Kier alpha value is -5.09. The second-order valence-corrected chi connectivity index (χ2v) is 21.4. The first-order chi connectivity index (χ1) is 36.5. The summed E-state index contributed by atoms with van der Waals surface area (Å²) < 4.78 is 0. The van der Waals surface area contributed by atoms with Gasteiger partial charge in [0.25, 0.3) is 0 Å². The largest absolute Gasteiger partial charge is 0.508 e. The molecular weight excluding hydrogens is 1000 g/mol. The topological polar surface area (TPSA) is 412 Å². The maximum Gasteiger partial charge on any atom is 0.248 e. The lowest BCUT2D eigenvalue weighted by Crippen LogP contribution is -2.64. The van der Waals surface area contributed by atoms with Crippen LogP contribution in [0, 0.1) is 17.8 Å². The van der Waals surface area contributed by atoms with E-state index in [1.165, 1.54) is 30.7 Å². The van der Waals surface area contributed by atoms with Gasteiger partial charge in [-0.15, -0.1) is 0 Å². The van der Waals surface area contributed by atoms with Crippen molar-refractivity contribution in [3.8, 4) is 5.75 Å². The predicted molar refractivity (Wildman–Crippen MR) is 280 cm³/mol. The van der Waals surface area contributed by atoms with E-state index in [0.717, 1.165) is 61.7 Å². The molecule has 0 aromatic heterocycles. The number of carbonyl (C=O) groups is 7. The molecule has 25 heteroatoms. The van der Waals surface area contributed by atoms with Gasteiger partial charge in [0.15, 0.2) is 0 Å². The number of fused-ring (bicyclic) bond motifs is 3. The molecule has 0 spiro atoms. The molecule has 3 fully saturated rings. The molecule has 3 aliphatic heterocycles. The highest BCUT2D eigenvalue weighted by Crippen LogP contribution is 2.26. The van der Waals surface area contributed by atoms with Crippen molar-refractivity contribution < 1.29 is 74.4 Å². The number of amides is 7. The minimum atomic E-state index is -2.26. The minimum absolute atomic E-state index is 0.000281. The molecule has 3 heterocycles. The van der Waals surface area contributed by atoms with Gasteiger partial charge in [-0.25, -0.2) is 0 Å². The van der Waals surface area contributed by atoms with Gasteiger partial charge in [-0.3, -0.25) is 38.9 Å². The van der Waals surface area contributed by atoms with Crippen LogP contribution in [0.5, 0.6) is 5.75 Å². The average Bonchev–Trinajstić information content (AvgIpc) is 3.99. The number of phenols is 1. The molecule has 77 heavy (non-hydrogen) atoms. The van der Waals surface area contributed by atoms with Gasteiger partial charge in [-0.1, -0.05) is 77.8 Å². The van der Waals surface area contributed by atoms with Gasteiger partial charge in [0.2, 0.25) is 41.4 Å². The maximum atomic E-state index is 14.5. The van der Waals surface area contributed by atoms with Gasteiger partial charge in [0.1, 0.15) is 54.3 Å². The Bertz CT molecular complexity index is 2070. The van der Waals surface area contributed by atoms with Gasteiger partial charge in [-0.05, 0) is 62.3 Å². The quantitative estimate of drug-likeness (QED) is 0.0474. The van der Waals surface area contributed by atoms with Crippen LogP contribution in [-0.2, 0) is 33.6 Å². The van der Waals surface area contributed by atoms with Crippen LogP contribution in [0.15, 0.2) is 24.3 Å². The summed E-state index contributed by atoms with van der Waals surface area (Å²) in [5.41, 5.74) is 11.5. The zero-order valence-electron chi connectivity index (χ0n) is 45.0. The third kappa shape index (κ3) is 19.1. The molecule has 25 nitrogen and oxygen atoms in total. The van der Waals surface area contributed by atoms with Crippen molar-refractivity contribution in [3.05, 3.63) is 29.8 Å². The van der Waals surface area contributed by atoms with Crippen molar-refractivity contribution >= 4 is 41.4 Å². The number of phenolic OH excluding ortho intramolecular Hbond substituents is 1. The van der Waals surface area contributed by atoms with E-state index >= 15 is 0 Å². The summed E-state index contributed by atoms with van der Waals surface area (Å²) in [6.45, 7) is 6.14. The second-order valence-electron chi connectivity index (χ2n) is 21.4. The lowest BCUT2D eigenvalue weighted by molar-refractivity contribution is -0.146. The highest BCUT2D eigenvalue weighted by Gasteiger charge is 2.48. The number of aliphatic hydroxyl groups is 7. The first-order valence-corrected chi connectivity index (χ1v) is 27.3. The van der Waals surface area contributed by atoms with E-state index in [1.54, 1.807) is 0 Å². The Morgan fingerprint density at radius 2 is 1.34 bits per heavy atom. The monoisotopic (exact) mass is 1090 g/mol. The fourth-order valence-electron chi connectivity index (χ4n) is 10.2. The van der Waals surface area contributed by atoms with Gasteiger partial charge in [-0.2, -0.15) is 0 Å². The first-order valence-electron chi connectivity index (χ1n) is 27.3. The number of nitrogens with one attached hydrogen (secondary N) is 6. The highest BCUT2D eigenvalue weighted by atomic mass is 16.3. The van der Waals surface area contributed by atoms with Crippen molar-refractivity contribution in [3.63, 3.8) is 0 Å². The molecule has 0 unspecified atom stereocenters. The molecule has 0 radical (unpaired) electrons. The molecule has 436 valence electrons. The number of unbranched alkanes of at least 4 members (excludes halogenated alkanes) is 5. The summed E-state index contributed by atoms with van der Waals surface area (Å²) in [5, 5.41) is 104. The Labute approximate surface area is 450 Å². The molecule has 1 aromatic rings. The van der Waals surface area contributed by atoms with E-state index < -0.39 is 159 Å². The summed E-state index contributed by atoms with van der Waals surface area (Å²) in [4.78, 5) is 101. The number of benzene rings is 1. The van der Waals surface area contributed by atoms with Gasteiger partial charge < -0.3 is 88.7 Å². The fraction of sp³-hybridized carbons (Fsp3) is 0.750. The molecule has 4 rings (SSSR count). The van der Waals surface area contributed by atoms with E-state index in [4.69, 9.17) is 11.5 Å². The Morgan fingerprint density at radius 1 is 0.701 bits per heavy atom. The van der Waals surface area contributed by atoms with Crippen LogP contribution in [-0.4, -0.2) is 204 Å². The number of rotatable bonds is 23. The number of carbonyl (C=O) groups excluding carboxylic acids is 7. The lowest BCUT2D eigenvalue weighted by atomic mass is 9.91. The number of nitrogens with zero attached hydrogens (tertiary/aromatic N) is 2. The zero-order valence-corrected chi connectivity index (χ0v) is 45.0. The van der Waals surface area contributed by atoms with Crippen LogP contribution in [0.1, 0.15) is 123 Å². The molecule has 2 bridgehead atoms. The Kier molecular flexibility index (Phi) is 26.4. The molecule has 18 N–H and O–H groups in total. The summed E-state index contributed by atoms with van der Waals surface area (Å²) in [7, 11) is 0. The number of aromatic hydroxyl groups is 1. The molecular formula is C52H88N10O15. The normalized spacial score (nSPS) is 28.6. The van der Waals surface area contributed by atoms with E-state index in [9.17, 15) is 74.4 Å². The highest BCUT2D eigenvalue weighted by molar-refractivity contribution is 5.97. The van der Waals surface area contributed by atoms with Crippen molar-refractivity contribution in [1.29, 1.82) is 0 Å². The van der Waals surface area contributed by atoms with Crippen LogP contribution < -0.4 is 43.4 Å². The van der Waals surface area contributed by atoms with Crippen LogP contribution in [0.25, 0.3) is 0 Å². The molecule has 16 atom stereocenters. The van der Waals surface area contributed by atoms with Crippen LogP contribution >= 0.6 is 0 Å². The third-order valence-corrected chi connectivity index (χ3v) is 14.9. The lowest BCUT2D eigenvalue weighted by Gasteiger charge is -2.34. The number of hydrogen-bond donors (Lipinski definition) is 16. The fourth-order valence-corrected chi connectivity index (χ4v) is 10.2. The molecule has 0 saturated carbocycles. The maximum absolute atomic E-state index is 14.5. The van der Waals surface area contributed by atoms with Crippen LogP contribution in [0.3, 0.4) is 0 Å². The van der Waals surface area contributed by atoms with Crippen LogP contribution in [0.4, 0.5) is 0 Å². The summed E-state index contributed by atoms with van der Waals surface area (Å²) >= 11 is 0. The molecule has 3 saturated heterocycles. The summed E-state index contributed by atoms with van der Waals surface area (Å²) in [5.74, 6) is -7.50. The van der Waals surface area contributed by atoms with Gasteiger partial charge in [0, 0.05) is 52.0 Å². The van der Waals surface area contributed by atoms with Crippen molar-refractivity contribution in [2.75, 3.05) is 39.3 Å². The second kappa shape index (κ2) is 31.5. The third-order valence-electron chi connectivity index (χ3n) is 14.9. The van der Waals surface area contributed by atoms with E-state index in [-0.39, 0.29) is 43.8 Å². The molecule has 0 aliphatic carbocycles. The number of nitrogens with two attached hydrogens (primary N) is 2. The van der Waals surface area contributed by atoms with Crippen molar-refractivity contribution in [2.24, 2.45) is 29.2 Å². The molecule has 7 amide bonds. The zero-order chi connectivity index (χ0) is 57.1. The first kappa shape index (κ1) is 64.4. The average molecular weight is 1090 g/mol. The Morgan fingerprint density at radius 3 is 1.97 bits per heavy atom.